The van der Waals surface area contributed by atoms with E-state index in [9.17, 15) is 19.6 Å². The molecule has 0 unspecified atom stereocenters. The summed E-state index contributed by atoms with van der Waals surface area (Å²) in [4.78, 5) is 41.2. The maximum absolute atomic E-state index is 13.6. The van der Waals surface area contributed by atoms with Crippen LogP contribution in [0, 0.1) is 22.7 Å². The number of nitriles is 1. The fraction of sp³-hybridized carbons (Fsp3) is 0.548. The van der Waals surface area contributed by atoms with Crippen LogP contribution in [0.1, 0.15) is 84.3 Å². The van der Waals surface area contributed by atoms with Crippen LogP contribution < -0.4 is 5.32 Å². The van der Waals surface area contributed by atoms with Crippen LogP contribution in [0.2, 0.25) is 0 Å². The molecule has 1 aromatic carbocycles. The first-order chi connectivity index (χ1) is 18.3. The van der Waals surface area contributed by atoms with Crippen LogP contribution in [0.5, 0.6) is 0 Å². The molecule has 8 nitrogen and oxygen atoms in total. The molecule has 2 aliphatic heterocycles. The van der Waals surface area contributed by atoms with Gasteiger partial charge in [0.2, 0.25) is 0 Å². The highest BCUT2D eigenvalue weighted by molar-refractivity contribution is 6.04. The van der Waals surface area contributed by atoms with Gasteiger partial charge in [0, 0.05) is 42.4 Å². The number of benzene rings is 1. The Hall–Kier alpha value is -3.60. The van der Waals surface area contributed by atoms with Crippen molar-refractivity contribution in [3.05, 3.63) is 57.9 Å². The van der Waals surface area contributed by atoms with Gasteiger partial charge in [0.25, 0.3) is 0 Å². The number of amides is 1. The number of esters is 1. The lowest BCUT2D eigenvalue weighted by Gasteiger charge is -2.39. The minimum absolute atomic E-state index is 0.00780. The van der Waals surface area contributed by atoms with Gasteiger partial charge in [0.15, 0.2) is 5.78 Å². The number of piperidine rings is 1. The number of ketones is 1. The van der Waals surface area contributed by atoms with Crippen LogP contribution >= 0.6 is 0 Å². The van der Waals surface area contributed by atoms with Gasteiger partial charge in [-0.15, -0.1) is 0 Å². The zero-order chi connectivity index (χ0) is 28.5. The second kappa shape index (κ2) is 10.9. The normalized spacial score (nSPS) is 21.6. The van der Waals surface area contributed by atoms with Crippen molar-refractivity contribution in [3.63, 3.8) is 0 Å². The largest absolute Gasteiger partial charge is 0.462 e. The maximum Gasteiger partial charge on any atom is 0.410 e. The average molecular weight is 534 g/mol. The molecule has 0 saturated carbocycles. The minimum Gasteiger partial charge on any atom is -0.462 e. The third-order valence-corrected chi connectivity index (χ3v) is 7.53. The van der Waals surface area contributed by atoms with Crippen molar-refractivity contribution in [1.82, 2.24) is 10.2 Å². The predicted molar refractivity (Wildman–Crippen MR) is 146 cm³/mol. The van der Waals surface area contributed by atoms with Crippen LogP contribution in [-0.2, 0) is 19.1 Å². The molecule has 1 N–H and O–H groups in total. The maximum atomic E-state index is 13.6. The lowest BCUT2D eigenvalue weighted by atomic mass is 9.68. The van der Waals surface area contributed by atoms with Crippen molar-refractivity contribution in [2.75, 3.05) is 19.7 Å². The number of hydrogen-bond donors (Lipinski definition) is 1. The lowest BCUT2D eigenvalue weighted by Crippen LogP contribution is -2.42. The first-order valence-electron chi connectivity index (χ1n) is 13.7. The Morgan fingerprint density at radius 1 is 1.18 bits per heavy atom. The topological polar surface area (TPSA) is 109 Å². The predicted octanol–water partition coefficient (Wildman–Crippen LogP) is 5.35. The SMILES string of the molecule is CC1=C(C(=O)OCC2CCN(C(=O)OC(C)(C)C)CC2)[C@@H](c2cccc(C#N)c2)C2=C(CC(C)(C)CC2=O)N1. The van der Waals surface area contributed by atoms with Crippen molar-refractivity contribution in [1.29, 1.82) is 5.26 Å². The number of rotatable bonds is 4. The number of carbonyl (C=O) groups excluding carboxylic acids is 3. The van der Waals surface area contributed by atoms with E-state index in [2.05, 4.69) is 25.2 Å². The fourth-order valence-electron chi connectivity index (χ4n) is 5.71. The summed E-state index contributed by atoms with van der Waals surface area (Å²) in [7, 11) is 0. The van der Waals surface area contributed by atoms with Gasteiger partial charge in [-0.05, 0) is 76.0 Å². The summed E-state index contributed by atoms with van der Waals surface area (Å²) in [5.41, 5.74) is 2.97. The molecule has 1 atom stereocenters. The summed E-state index contributed by atoms with van der Waals surface area (Å²) in [6, 6.07) is 9.27. The third kappa shape index (κ3) is 6.52. The Bertz CT molecular complexity index is 1270. The molecule has 8 heteroatoms. The highest BCUT2D eigenvalue weighted by atomic mass is 16.6. The van der Waals surface area contributed by atoms with Crippen molar-refractivity contribution in [3.8, 4) is 6.07 Å². The summed E-state index contributed by atoms with van der Waals surface area (Å²) in [6.45, 7) is 12.8. The molecule has 0 bridgehead atoms. The van der Waals surface area contributed by atoms with Crippen LogP contribution in [0.3, 0.4) is 0 Å². The number of hydrogen-bond acceptors (Lipinski definition) is 7. The van der Waals surface area contributed by atoms with E-state index < -0.39 is 17.5 Å². The molecule has 1 saturated heterocycles. The van der Waals surface area contributed by atoms with Crippen molar-refractivity contribution in [2.45, 2.75) is 78.7 Å². The molecule has 4 rings (SSSR count). The molecule has 1 aromatic rings. The fourth-order valence-corrected chi connectivity index (χ4v) is 5.71. The first kappa shape index (κ1) is 28.4. The van der Waals surface area contributed by atoms with Gasteiger partial charge in [-0.1, -0.05) is 26.0 Å². The van der Waals surface area contributed by atoms with Crippen LogP contribution in [0.15, 0.2) is 46.8 Å². The van der Waals surface area contributed by atoms with E-state index in [1.807, 2.05) is 33.8 Å². The molecule has 1 fully saturated rings. The van der Waals surface area contributed by atoms with Crippen molar-refractivity contribution in [2.24, 2.45) is 11.3 Å². The number of ether oxygens (including phenoxy) is 2. The van der Waals surface area contributed by atoms with E-state index in [0.29, 0.717) is 61.2 Å². The molecule has 39 heavy (non-hydrogen) atoms. The number of likely N-dealkylation sites (tertiary alicyclic amines) is 1. The number of Topliss-reactive ketones (excluding diaryl/α,β-unsaturated/α-hetero) is 1. The Morgan fingerprint density at radius 3 is 2.51 bits per heavy atom. The Morgan fingerprint density at radius 2 is 1.87 bits per heavy atom. The number of nitrogens with one attached hydrogen (secondary N) is 1. The van der Waals surface area contributed by atoms with E-state index in [0.717, 1.165) is 11.3 Å². The number of dihydropyridines is 1. The van der Waals surface area contributed by atoms with E-state index in [4.69, 9.17) is 9.47 Å². The Kier molecular flexibility index (Phi) is 7.92. The minimum atomic E-state index is -0.598. The summed E-state index contributed by atoms with van der Waals surface area (Å²) >= 11 is 0. The zero-order valence-electron chi connectivity index (χ0n) is 23.8. The molecule has 3 aliphatic rings. The molecule has 0 aromatic heterocycles. The van der Waals surface area contributed by atoms with E-state index in [-0.39, 0.29) is 29.8 Å². The van der Waals surface area contributed by atoms with Crippen molar-refractivity contribution < 1.29 is 23.9 Å². The first-order valence-corrected chi connectivity index (χ1v) is 13.7. The summed E-state index contributed by atoms with van der Waals surface area (Å²) in [5.74, 6) is -0.934. The molecule has 2 heterocycles. The molecule has 1 aliphatic carbocycles. The van der Waals surface area contributed by atoms with Gasteiger partial charge in [0.05, 0.1) is 23.8 Å². The zero-order valence-corrected chi connectivity index (χ0v) is 23.8. The molecule has 1 amide bonds. The van der Waals surface area contributed by atoms with Crippen LogP contribution in [0.25, 0.3) is 0 Å². The lowest BCUT2D eigenvalue weighted by molar-refractivity contribution is -0.141. The van der Waals surface area contributed by atoms with Crippen molar-refractivity contribution >= 4 is 17.8 Å². The van der Waals surface area contributed by atoms with Crippen LogP contribution in [-0.4, -0.2) is 48.0 Å². The smallest absolute Gasteiger partial charge is 0.410 e. The molecule has 0 spiro atoms. The standard InChI is InChI=1S/C31H39N3O5/c1-19-25(28(36)38-18-20-10-12-34(13-11-20)29(37)39-30(2,3)4)26(22-9-7-8-21(14-22)17-32)27-23(33-19)15-31(5,6)16-24(27)35/h7-9,14,20,26,33H,10-13,15-16,18H2,1-6H3/t26-/m1/s1. The van der Waals surface area contributed by atoms with Gasteiger partial charge in [0.1, 0.15) is 5.60 Å². The van der Waals surface area contributed by atoms with E-state index in [1.165, 1.54) is 0 Å². The van der Waals surface area contributed by atoms with E-state index in [1.54, 1.807) is 23.1 Å². The average Bonchev–Trinajstić information content (AvgIpc) is 2.85. The molecule has 208 valence electrons. The van der Waals surface area contributed by atoms with Gasteiger partial charge in [-0.2, -0.15) is 5.26 Å². The molecule has 0 radical (unpaired) electrons. The third-order valence-electron chi connectivity index (χ3n) is 7.53. The van der Waals surface area contributed by atoms with Gasteiger partial charge >= 0.3 is 12.1 Å². The highest BCUT2D eigenvalue weighted by Crippen LogP contribution is 2.47. The number of allylic oxidation sites excluding steroid dienone is 3. The Labute approximate surface area is 231 Å². The molecular formula is C31H39N3O5. The summed E-state index contributed by atoms with van der Waals surface area (Å²) in [5, 5.41) is 12.9. The second-order valence-electron chi connectivity index (χ2n) is 12.7. The number of carbonyl (C=O) groups is 3. The summed E-state index contributed by atoms with van der Waals surface area (Å²) in [6.07, 6.45) is 2.18. The Balaban J connectivity index is 1.52. The quantitative estimate of drug-likeness (QED) is 0.520. The number of nitrogens with zero attached hydrogens (tertiary/aromatic N) is 2. The van der Waals surface area contributed by atoms with Gasteiger partial charge < -0.3 is 19.7 Å². The monoisotopic (exact) mass is 533 g/mol. The summed E-state index contributed by atoms with van der Waals surface area (Å²) < 4.78 is 11.3. The van der Waals surface area contributed by atoms with Gasteiger partial charge in [-0.25, -0.2) is 9.59 Å². The molecular weight excluding hydrogens is 494 g/mol. The van der Waals surface area contributed by atoms with Gasteiger partial charge in [-0.3, -0.25) is 4.79 Å². The van der Waals surface area contributed by atoms with Crippen LogP contribution in [0.4, 0.5) is 4.79 Å². The van der Waals surface area contributed by atoms with E-state index >= 15 is 0 Å². The highest BCUT2D eigenvalue weighted by Gasteiger charge is 2.43. The second-order valence-corrected chi connectivity index (χ2v) is 12.7.